The summed E-state index contributed by atoms with van der Waals surface area (Å²) in [5.41, 5.74) is 0.277. The fourth-order valence-electron chi connectivity index (χ4n) is 2.71. The fourth-order valence-corrected chi connectivity index (χ4v) is 3.15. The van der Waals surface area contributed by atoms with Crippen molar-refractivity contribution in [2.24, 2.45) is 0 Å². The highest BCUT2D eigenvalue weighted by molar-refractivity contribution is 9.10. The van der Waals surface area contributed by atoms with E-state index in [0.717, 1.165) is 4.90 Å². The van der Waals surface area contributed by atoms with Gasteiger partial charge in [-0.3, -0.25) is 19.8 Å². The number of furan rings is 1. The van der Waals surface area contributed by atoms with Crippen LogP contribution in [0.2, 0.25) is 0 Å². The van der Waals surface area contributed by atoms with Gasteiger partial charge in [-0.25, -0.2) is 4.79 Å². The molecule has 0 aliphatic carbocycles. The first kappa shape index (κ1) is 21.2. The van der Waals surface area contributed by atoms with Crippen LogP contribution in [0.25, 0.3) is 6.08 Å². The summed E-state index contributed by atoms with van der Waals surface area (Å²) in [6, 6.07) is 5.69. The lowest BCUT2D eigenvalue weighted by atomic mass is 10.1. The molecule has 0 bridgehead atoms. The molecule has 154 valence electrons. The number of hydrogen-bond donors (Lipinski definition) is 1. The Morgan fingerprint density at radius 3 is 2.70 bits per heavy atom. The fraction of sp³-hybridized carbons (Fsp3) is 0.190. The second-order valence-corrected chi connectivity index (χ2v) is 6.89. The molecule has 0 unspecified atom stereocenters. The van der Waals surface area contributed by atoms with E-state index < -0.39 is 17.8 Å². The van der Waals surface area contributed by atoms with Crippen LogP contribution in [-0.2, 0) is 16.1 Å². The monoisotopic (exact) mass is 472 g/mol. The number of halogens is 1. The van der Waals surface area contributed by atoms with E-state index in [1.165, 1.54) is 12.3 Å². The molecule has 4 amide bonds. The predicted molar refractivity (Wildman–Crippen MR) is 110 cm³/mol. The summed E-state index contributed by atoms with van der Waals surface area (Å²) in [7, 11) is 0. The van der Waals surface area contributed by atoms with Gasteiger partial charge in [0, 0.05) is 4.47 Å². The van der Waals surface area contributed by atoms with Crippen LogP contribution in [0.4, 0.5) is 4.79 Å². The molecule has 1 saturated heterocycles. The van der Waals surface area contributed by atoms with Crippen LogP contribution in [0.15, 0.2) is 45.0 Å². The summed E-state index contributed by atoms with van der Waals surface area (Å²) in [6.45, 7) is 2.13. The molecule has 9 heteroatoms. The van der Waals surface area contributed by atoms with Gasteiger partial charge in [-0.15, -0.1) is 6.42 Å². The number of amides is 4. The molecular formula is C21H17BrN2O6. The van der Waals surface area contributed by atoms with Gasteiger partial charge in [0.15, 0.2) is 11.5 Å². The summed E-state index contributed by atoms with van der Waals surface area (Å²) in [6.07, 6.45) is 8.04. The van der Waals surface area contributed by atoms with Gasteiger partial charge in [0.2, 0.25) is 0 Å². The van der Waals surface area contributed by atoms with E-state index in [1.54, 1.807) is 31.2 Å². The number of ether oxygens (including phenoxy) is 2. The molecule has 1 N–H and O–H groups in total. The number of benzene rings is 1. The summed E-state index contributed by atoms with van der Waals surface area (Å²) >= 11 is 3.40. The number of imide groups is 2. The largest absolute Gasteiger partial charge is 0.490 e. The van der Waals surface area contributed by atoms with Crippen LogP contribution in [0.1, 0.15) is 18.2 Å². The van der Waals surface area contributed by atoms with E-state index >= 15 is 0 Å². The first-order chi connectivity index (χ1) is 14.4. The molecule has 0 spiro atoms. The van der Waals surface area contributed by atoms with E-state index in [2.05, 4.69) is 27.2 Å². The summed E-state index contributed by atoms with van der Waals surface area (Å²) < 4.78 is 16.8. The summed E-state index contributed by atoms with van der Waals surface area (Å²) in [5.74, 6) is 2.06. The maximum absolute atomic E-state index is 12.8. The van der Waals surface area contributed by atoms with Crippen molar-refractivity contribution in [2.45, 2.75) is 13.5 Å². The van der Waals surface area contributed by atoms with Crippen LogP contribution >= 0.6 is 15.9 Å². The molecule has 8 nitrogen and oxygen atoms in total. The molecule has 0 radical (unpaired) electrons. The molecule has 0 atom stereocenters. The van der Waals surface area contributed by atoms with Crippen LogP contribution in [-0.4, -0.2) is 36.0 Å². The van der Waals surface area contributed by atoms with Gasteiger partial charge >= 0.3 is 6.03 Å². The van der Waals surface area contributed by atoms with E-state index in [4.69, 9.17) is 20.3 Å². The zero-order valence-electron chi connectivity index (χ0n) is 15.9. The van der Waals surface area contributed by atoms with E-state index in [0.29, 0.717) is 33.9 Å². The minimum absolute atomic E-state index is 0.0533. The molecule has 3 rings (SSSR count). The minimum Gasteiger partial charge on any atom is -0.490 e. The third-order valence-corrected chi connectivity index (χ3v) is 4.74. The van der Waals surface area contributed by atoms with Gasteiger partial charge in [-0.2, -0.15) is 0 Å². The molecule has 1 fully saturated rings. The molecule has 0 saturated carbocycles. The SMILES string of the molecule is C#CCOc1cc(Br)c(C=C2C(=O)NC(=O)N(Cc3ccco3)C2=O)cc1OCC. The van der Waals surface area contributed by atoms with Crippen molar-refractivity contribution in [3.63, 3.8) is 0 Å². The highest BCUT2D eigenvalue weighted by Crippen LogP contribution is 2.35. The normalized spacial score (nSPS) is 15.2. The highest BCUT2D eigenvalue weighted by atomic mass is 79.9. The lowest BCUT2D eigenvalue weighted by molar-refractivity contribution is -0.130. The van der Waals surface area contributed by atoms with Crippen molar-refractivity contribution in [3.05, 3.63) is 51.9 Å². The molecule has 1 aliphatic heterocycles. The number of carbonyl (C=O) groups excluding carboxylic acids is 3. The summed E-state index contributed by atoms with van der Waals surface area (Å²) in [4.78, 5) is 38.2. The first-order valence-electron chi connectivity index (χ1n) is 8.88. The molecule has 1 aromatic heterocycles. The smallest absolute Gasteiger partial charge is 0.331 e. The Morgan fingerprint density at radius 2 is 2.03 bits per heavy atom. The third kappa shape index (κ3) is 4.55. The van der Waals surface area contributed by atoms with Gasteiger partial charge in [-0.1, -0.05) is 21.9 Å². The third-order valence-electron chi connectivity index (χ3n) is 4.05. The number of hydrogen-bond acceptors (Lipinski definition) is 6. The maximum atomic E-state index is 12.8. The van der Waals surface area contributed by atoms with Gasteiger partial charge in [0.05, 0.1) is 19.4 Å². The molecule has 2 heterocycles. The van der Waals surface area contributed by atoms with Crippen molar-refractivity contribution in [1.29, 1.82) is 0 Å². The lowest BCUT2D eigenvalue weighted by Crippen LogP contribution is -2.53. The summed E-state index contributed by atoms with van der Waals surface area (Å²) in [5, 5.41) is 2.16. The number of carbonyl (C=O) groups is 3. The quantitative estimate of drug-likeness (QED) is 0.377. The zero-order valence-corrected chi connectivity index (χ0v) is 17.5. The average molecular weight is 473 g/mol. The number of urea groups is 1. The Morgan fingerprint density at radius 1 is 1.27 bits per heavy atom. The number of barbiturate groups is 1. The van der Waals surface area contributed by atoms with Crippen LogP contribution < -0.4 is 14.8 Å². The molecule has 1 aliphatic rings. The van der Waals surface area contributed by atoms with E-state index in [-0.39, 0.29) is 18.7 Å². The standard InChI is InChI=1S/C21H17BrN2O6/c1-3-7-30-18-11-16(22)13(10-17(18)28-4-2)9-15-19(25)23-21(27)24(20(15)26)12-14-6-5-8-29-14/h1,5-6,8-11H,4,7,12H2,2H3,(H,23,25,27). The topological polar surface area (TPSA) is 98.1 Å². The Balaban J connectivity index is 1.96. The Labute approximate surface area is 180 Å². The molecule has 2 aromatic rings. The molecular weight excluding hydrogens is 456 g/mol. The van der Waals surface area contributed by atoms with E-state index in [1.807, 2.05) is 0 Å². The molecule has 1 aromatic carbocycles. The van der Waals surface area contributed by atoms with Crippen LogP contribution in [0.5, 0.6) is 11.5 Å². The van der Waals surface area contributed by atoms with Crippen molar-refractivity contribution in [3.8, 4) is 23.8 Å². The van der Waals surface area contributed by atoms with Gasteiger partial charge in [0.25, 0.3) is 11.8 Å². The van der Waals surface area contributed by atoms with Crippen molar-refractivity contribution in [1.82, 2.24) is 10.2 Å². The second-order valence-electron chi connectivity index (χ2n) is 6.03. The average Bonchev–Trinajstić information content (AvgIpc) is 3.22. The maximum Gasteiger partial charge on any atom is 0.331 e. The first-order valence-corrected chi connectivity index (χ1v) is 9.67. The lowest BCUT2D eigenvalue weighted by Gasteiger charge is -2.25. The van der Waals surface area contributed by atoms with E-state index in [9.17, 15) is 14.4 Å². The van der Waals surface area contributed by atoms with Gasteiger partial charge in [0.1, 0.15) is 17.9 Å². The Hall–Kier alpha value is -3.51. The molecule has 30 heavy (non-hydrogen) atoms. The van der Waals surface area contributed by atoms with Gasteiger partial charge in [-0.05, 0) is 42.8 Å². The predicted octanol–water partition coefficient (Wildman–Crippen LogP) is 3.11. The number of terminal acetylenes is 1. The number of rotatable bonds is 7. The highest BCUT2D eigenvalue weighted by Gasteiger charge is 2.36. The minimum atomic E-state index is -0.814. The Bertz CT molecular complexity index is 1050. The van der Waals surface area contributed by atoms with Crippen LogP contribution in [0, 0.1) is 12.3 Å². The van der Waals surface area contributed by atoms with Crippen LogP contribution in [0.3, 0.4) is 0 Å². The van der Waals surface area contributed by atoms with Crippen molar-refractivity contribution in [2.75, 3.05) is 13.2 Å². The number of nitrogens with zero attached hydrogens (tertiary/aromatic N) is 1. The van der Waals surface area contributed by atoms with Crippen molar-refractivity contribution >= 4 is 39.9 Å². The van der Waals surface area contributed by atoms with Gasteiger partial charge < -0.3 is 13.9 Å². The number of nitrogens with one attached hydrogen (secondary N) is 1. The van der Waals surface area contributed by atoms with Crippen molar-refractivity contribution < 1.29 is 28.3 Å². The second kappa shape index (κ2) is 9.33. The zero-order chi connectivity index (χ0) is 21.7. The Kier molecular flexibility index (Phi) is 6.59.